The van der Waals surface area contributed by atoms with Crippen molar-refractivity contribution in [1.29, 1.82) is 0 Å². The van der Waals surface area contributed by atoms with Crippen molar-refractivity contribution in [2.24, 2.45) is 0 Å². The van der Waals surface area contributed by atoms with Gasteiger partial charge in [0.15, 0.2) is 5.82 Å². The monoisotopic (exact) mass is 422 g/mol. The smallest absolute Gasteiger partial charge is 0.159 e. The van der Waals surface area contributed by atoms with E-state index in [-0.39, 0.29) is 0 Å². The average molecular weight is 423 g/mol. The summed E-state index contributed by atoms with van der Waals surface area (Å²) in [7, 11) is 0. The number of hydrogen-bond acceptors (Lipinski definition) is 4. The number of aryl methyl sites for hydroxylation is 1. The van der Waals surface area contributed by atoms with E-state index in [2.05, 4.69) is 35.9 Å². The summed E-state index contributed by atoms with van der Waals surface area (Å²) in [5.74, 6) is 1.67. The highest BCUT2D eigenvalue weighted by Gasteiger charge is 2.07. The van der Waals surface area contributed by atoms with Crippen LogP contribution in [0.2, 0.25) is 0 Å². The van der Waals surface area contributed by atoms with Gasteiger partial charge in [0, 0.05) is 33.3 Å². The van der Waals surface area contributed by atoms with Gasteiger partial charge in [0.05, 0.1) is 6.61 Å². The maximum absolute atomic E-state index is 5.82. The molecule has 0 spiro atoms. The molecule has 2 heterocycles. The molecule has 0 aliphatic rings. The van der Waals surface area contributed by atoms with Gasteiger partial charge in [0.25, 0.3) is 0 Å². The van der Waals surface area contributed by atoms with E-state index in [4.69, 9.17) is 4.74 Å². The minimum absolute atomic E-state index is 0.754. The Morgan fingerprint density at radius 2 is 1.43 bits per heavy atom. The Balaban J connectivity index is 1.53. The Morgan fingerprint density at radius 1 is 0.733 bits per heavy atom. The predicted octanol–water partition coefficient (Wildman–Crippen LogP) is 7.95. The van der Waals surface area contributed by atoms with Gasteiger partial charge < -0.3 is 4.74 Å². The summed E-state index contributed by atoms with van der Waals surface area (Å²) in [6.07, 6.45) is 15.2. The number of thiophene rings is 1. The molecule has 30 heavy (non-hydrogen) atoms. The third-order valence-corrected chi connectivity index (χ3v) is 6.45. The summed E-state index contributed by atoms with van der Waals surface area (Å²) in [4.78, 5) is 11.9. The second kappa shape index (κ2) is 12.5. The standard InChI is InChI=1S/C26H34N2OS/c1-3-5-7-9-11-24-16-17-25(30-24)22-19-27-26(28-20-22)21-12-14-23(15-13-21)29-18-10-8-6-4-2/h12-17,19-20H,3-11,18H2,1-2H3. The van der Waals surface area contributed by atoms with E-state index in [0.717, 1.165) is 35.7 Å². The van der Waals surface area contributed by atoms with Crippen LogP contribution < -0.4 is 4.74 Å². The Morgan fingerprint density at radius 3 is 2.13 bits per heavy atom. The van der Waals surface area contributed by atoms with Crippen molar-refractivity contribution in [1.82, 2.24) is 9.97 Å². The maximum atomic E-state index is 5.82. The number of rotatable bonds is 13. The van der Waals surface area contributed by atoms with Crippen molar-refractivity contribution in [3.8, 4) is 27.6 Å². The highest BCUT2D eigenvalue weighted by molar-refractivity contribution is 7.15. The second-order valence-electron chi connectivity index (χ2n) is 7.81. The van der Waals surface area contributed by atoms with Crippen LogP contribution in [0.1, 0.15) is 70.1 Å². The van der Waals surface area contributed by atoms with E-state index in [1.807, 2.05) is 48.0 Å². The molecule has 2 aromatic heterocycles. The van der Waals surface area contributed by atoms with E-state index in [1.165, 1.54) is 61.1 Å². The van der Waals surface area contributed by atoms with Crippen LogP contribution in [-0.2, 0) is 6.42 Å². The molecule has 0 amide bonds. The fourth-order valence-electron chi connectivity index (χ4n) is 3.42. The van der Waals surface area contributed by atoms with Crippen molar-refractivity contribution >= 4 is 11.3 Å². The van der Waals surface area contributed by atoms with Crippen LogP contribution >= 0.6 is 11.3 Å². The van der Waals surface area contributed by atoms with Crippen molar-refractivity contribution < 1.29 is 4.74 Å². The van der Waals surface area contributed by atoms with Crippen LogP contribution in [-0.4, -0.2) is 16.6 Å². The van der Waals surface area contributed by atoms with Crippen molar-refractivity contribution in [2.45, 2.75) is 71.6 Å². The van der Waals surface area contributed by atoms with E-state index in [9.17, 15) is 0 Å². The Labute approximate surface area is 185 Å². The normalized spacial score (nSPS) is 11.0. The summed E-state index contributed by atoms with van der Waals surface area (Å²) in [5, 5.41) is 0. The van der Waals surface area contributed by atoms with Gasteiger partial charge in [0.1, 0.15) is 5.75 Å². The number of nitrogens with zero attached hydrogens (tertiary/aromatic N) is 2. The molecule has 1 aromatic carbocycles. The molecule has 0 aliphatic heterocycles. The molecule has 0 saturated carbocycles. The first-order chi connectivity index (χ1) is 14.8. The summed E-state index contributed by atoms with van der Waals surface area (Å²) in [6.45, 7) is 5.26. The van der Waals surface area contributed by atoms with Crippen LogP contribution in [0.25, 0.3) is 21.8 Å². The van der Waals surface area contributed by atoms with Crippen LogP contribution in [0, 0.1) is 0 Å². The van der Waals surface area contributed by atoms with Crippen molar-refractivity contribution in [2.75, 3.05) is 6.61 Å². The lowest BCUT2D eigenvalue weighted by Gasteiger charge is -2.07. The SMILES string of the molecule is CCCCCCOc1ccc(-c2ncc(-c3ccc(CCCCCC)s3)cn2)cc1. The highest BCUT2D eigenvalue weighted by Crippen LogP contribution is 2.29. The molecule has 3 rings (SSSR count). The topological polar surface area (TPSA) is 35.0 Å². The maximum Gasteiger partial charge on any atom is 0.159 e. The minimum Gasteiger partial charge on any atom is -0.494 e. The third kappa shape index (κ3) is 6.94. The molecular formula is C26H34N2OS. The Kier molecular flexibility index (Phi) is 9.36. The average Bonchev–Trinajstić information content (AvgIpc) is 3.26. The van der Waals surface area contributed by atoms with E-state index in [1.54, 1.807) is 0 Å². The molecule has 0 aliphatic carbocycles. The van der Waals surface area contributed by atoms with E-state index in [0.29, 0.717) is 0 Å². The molecule has 4 heteroatoms. The molecule has 0 unspecified atom stereocenters. The van der Waals surface area contributed by atoms with Gasteiger partial charge in [-0.2, -0.15) is 0 Å². The molecule has 0 saturated heterocycles. The number of benzene rings is 1. The van der Waals surface area contributed by atoms with E-state index >= 15 is 0 Å². The lowest BCUT2D eigenvalue weighted by atomic mass is 10.1. The van der Waals surface area contributed by atoms with E-state index < -0.39 is 0 Å². The zero-order valence-corrected chi connectivity index (χ0v) is 19.2. The summed E-state index contributed by atoms with van der Waals surface area (Å²) in [6, 6.07) is 12.5. The number of ether oxygens (including phenoxy) is 1. The molecule has 160 valence electrons. The van der Waals surface area contributed by atoms with Crippen LogP contribution in [0.4, 0.5) is 0 Å². The molecule has 0 bridgehead atoms. The van der Waals surface area contributed by atoms with Gasteiger partial charge in [-0.05, 0) is 55.7 Å². The quantitative estimate of drug-likeness (QED) is 0.262. The number of hydrogen-bond donors (Lipinski definition) is 0. The summed E-state index contributed by atoms with van der Waals surface area (Å²) < 4.78 is 5.82. The molecule has 0 atom stereocenters. The molecular weight excluding hydrogens is 388 g/mol. The molecule has 3 aromatic rings. The van der Waals surface area contributed by atoms with Gasteiger partial charge in [-0.25, -0.2) is 9.97 Å². The number of aromatic nitrogens is 2. The van der Waals surface area contributed by atoms with Gasteiger partial charge in [-0.15, -0.1) is 11.3 Å². The molecule has 0 radical (unpaired) electrons. The first kappa shape index (κ1) is 22.5. The fraction of sp³-hybridized carbons (Fsp3) is 0.462. The van der Waals surface area contributed by atoms with Gasteiger partial charge >= 0.3 is 0 Å². The largest absolute Gasteiger partial charge is 0.494 e. The minimum atomic E-state index is 0.754. The van der Waals surface area contributed by atoms with Crippen molar-refractivity contribution in [3.05, 3.63) is 53.7 Å². The van der Waals surface area contributed by atoms with Crippen LogP contribution in [0.3, 0.4) is 0 Å². The summed E-state index contributed by atoms with van der Waals surface area (Å²) >= 11 is 1.86. The summed E-state index contributed by atoms with van der Waals surface area (Å²) in [5.41, 5.74) is 2.11. The highest BCUT2D eigenvalue weighted by atomic mass is 32.1. The number of unbranched alkanes of at least 4 members (excludes halogenated alkanes) is 6. The lowest BCUT2D eigenvalue weighted by molar-refractivity contribution is 0.305. The Bertz CT molecular complexity index is 855. The van der Waals surface area contributed by atoms with Gasteiger partial charge in [-0.3, -0.25) is 0 Å². The van der Waals surface area contributed by atoms with Crippen LogP contribution in [0.15, 0.2) is 48.8 Å². The molecule has 0 fully saturated rings. The van der Waals surface area contributed by atoms with Gasteiger partial charge in [0.2, 0.25) is 0 Å². The lowest BCUT2D eigenvalue weighted by Crippen LogP contribution is -1.97. The van der Waals surface area contributed by atoms with Crippen LogP contribution in [0.5, 0.6) is 5.75 Å². The second-order valence-corrected chi connectivity index (χ2v) is 8.97. The zero-order chi connectivity index (χ0) is 21.0. The first-order valence-corrected chi connectivity index (χ1v) is 12.3. The Hall–Kier alpha value is -2.20. The van der Waals surface area contributed by atoms with Gasteiger partial charge in [-0.1, -0.05) is 52.4 Å². The third-order valence-electron chi connectivity index (χ3n) is 5.25. The first-order valence-electron chi connectivity index (χ1n) is 11.4. The molecule has 3 nitrogen and oxygen atoms in total. The zero-order valence-electron chi connectivity index (χ0n) is 18.4. The predicted molar refractivity (Wildman–Crippen MR) is 128 cm³/mol. The van der Waals surface area contributed by atoms with Crippen molar-refractivity contribution in [3.63, 3.8) is 0 Å². The molecule has 0 N–H and O–H groups in total. The fourth-order valence-corrected chi connectivity index (χ4v) is 4.44.